The molecule has 0 aromatic rings. The van der Waals surface area contributed by atoms with E-state index in [9.17, 15) is 18.0 Å². The zero-order chi connectivity index (χ0) is 12.5. The highest BCUT2D eigenvalue weighted by Gasteiger charge is 2.54. The Hall–Kier alpha value is -0.820. The molecule has 15 heavy (non-hydrogen) atoms. The van der Waals surface area contributed by atoms with E-state index < -0.39 is 23.2 Å². The van der Waals surface area contributed by atoms with Crippen LogP contribution in [0.2, 0.25) is 0 Å². The summed E-state index contributed by atoms with van der Waals surface area (Å²) in [5, 5.41) is 0. The molecule has 0 spiro atoms. The van der Waals surface area contributed by atoms with Crippen molar-refractivity contribution in [1.29, 1.82) is 0 Å². The standard InChI is InChI=1S/C8H15F3N2O2/c1-6(2,3)15-13-5(14)7(4,12)8(9,10)11/h12H2,1-4H3,(H,13,14). The van der Waals surface area contributed by atoms with Crippen molar-refractivity contribution in [3.8, 4) is 0 Å². The van der Waals surface area contributed by atoms with Crippen LogP contribution in [-0.2, 0) is 9.63 Å². The molecule has 0 aliphatic heterocycles. The molecule has 0 heterocycles. The molecular formula is C8H15F3N2O2. The van der Waals surface area contributed by atoms with Crippen LogP contribution in [0.1, 0.15) is 27.7 Å². The molecule has 4 nitrogen and oxygen atoms in total. The lowest BCUT2D eigenvalue weighted by molar-refractivity contribution is -0.198. The molecule has 3 N–H and O–H groups in total. The van der Waals surface area contributed by atoms with E-state index in [4.69, 9.17) is 10.6 Å². The molecule has 90 valence electrons. The average molecular weight is 228 g/mol. The minimum absolute atomic E-state index is 0.578. The average Bonchev–Trinajstić information content (AvgIpc) is 1.96. The van der Waals surface area contributed by atoms with Gasteiger partial charge in [0.1, 0.15) is 0 Å². The predicted molar refractivity (Wildman–Crippen MR) is 47.6 cm³/mol. The van der Waals surface area contributed by atoms with Crippen molar-refractivity contribution in [2.45, 2.75) is 45.0 Å². The first kappa shape index (κ1) is 14.2. The van der Waals surface area contributed by atoms with Crippen LogP contribution < -0.4 is 11.2 Å². The molecule has 0 aromatic carbocycles. The summed E-state index contributed by atoms with van der Waals surface area (Å²) in [6.45, 7) is 5.31. The fourth-order valence-electron chi connectivity index (χ4n) is 0.434. The normalized spacial score (nSPS) is 17.1. The Kier molecular flexibility index (Phi) is 3.76. The Morgan fingerprint density at radius 1 is 1.20 bits per heavy atom. The van der Waals surface area contributed by atoms with E-state index in [1.54, 1.807) is 26.3 Å². The van der Waals surface area contributed by atoms with Gasteiger partial charge in [0.05, 0.1) is 5.60 Å². The van der Waals surface area contributed by atoms with Gasteiger partial charge in [-0.05, 0) is 27.7 Å². The number of hydrogen-bond donors (Lipinski definition) is 2. The summed E-state index contributed by atoms with van der Waals surface area (Å²) >= 11 is 0. The number of alkyl halides is 3. The SMILES string of the molecule is CC(C)(C)ONC(=O)C(C)(N)C(F)(F)F. The topological polar surface area (TPSA) is 64.3 Å². The van der Waals surface area contributed by atoms with Crippen molar-refractivity contribution in [3.05, 3.63) is 0 Å². The second kappa shape index (κ2) is 3.97. The van der Waals surface area contributed by atoms with Gasteiger partial charge in [-0.1, -0.05) is 0 Å². The van der Waals surface area contributed by atoms with Gasteiger partial charge in [-0.25, -0.2) is 5.48 Å². The van der Waals surface area contributed by atoms with Gasteiger partial charge in [0.25, 0.3) is 5.91 Å². The van der Waals surface area contributed by atoms with Gasteiger partial charge < -0.3 is 5.73 Å². The summed E-state index contributed by atoms with van der Waals surface area (Å²) in [6, 6.07) is 0. The second-order valence-electron chi connectivity index (χ2n) is 4.35. The summed E-state index contributed by atoms with van der Waals surface area (Å²) in [6.07, 6.45) is -4.82. The number of hydrogen-bond acceptors (Lipinski definition) is 3. The van der Waals surface area contributed by atoms with E-state index in [1.807, 2.05) is 0 Å². The van der Waals surface area contributed by atoms with Crippen LogP contribution in [0.5, 0.6) is 0 Å². The van der Waals surface area contributed by atoms with Gasteiger partial charge in [0, 0.05) is 0 Å². The van der Waals surface area contributed by atoms with E-state index in [1.165, 1.54) is 0 Å². The maximum atomic E-state index is 12.3. The Morgan fingerprint density at radius 2 is 1.60 bits per heavy atom. The summed E-state index contributed by atoms with van der Waals surface area (Å²) < 4.78 is 36.8. The van der Waals surface area contributed by atoms with E-state index >= 15 is 0 Å². The van der Waals surface area contributed by atoms with Crippen molar-refractivity contribution in [2.24, 2.45) is 5.73 Å². The third kappa shape index (κ3) is 4.05. The van der Waals surface area contributed by atoms with Crippen molar-refractivity contribution >= 4 is 5.91 Å². The first-order chi connectivity index (χ1) is 6.38. The summed E-state index contributed by atoms with van der Waals surface area (Å²) in [5.74, 6) is -1.43. The molecule has 1 amide bonds. The molecule has 0 rings (SSSR count). The molecular weight excluding hydrogens is 213 g/mol. The lowest BCUT2D eigenvalue weighted by Crippen LogP contribution is -2.61. The van der Waals surface area contributed by atoms with Crippen molar-refractivity contribution in [1.82, 2.24) is 5.48 Å². The molecule has 0 aliphatic carbocycles. The van der Waals surface area contributed by atoms with Gasteiger partial charge in [-0.3, -0.25) is 9.63 Å². The third-order valence-electron chi connectivity index (χ3n) is 1.51. The van der Waals surface area contributed by atoms with Crippen molar-refractivity contribution < 1.29 is 22.8 Å². The predicted octanol–water partition coefficient (Wildman–Crippen LogP) is 1.11. The van der Waals surface area contributed by atoms with Gasteiger partial charge in [-0.15, -0.1) is 0 Å². The van der Waals surface area contributed by atoms with Crippen LogP contribution in [0.3, 0.4) is 0 Å². The largest absolute Gasteiger partial charge is 0.415 e. The number of halogens is 3. The molecule has 1 atom stereocenters. The molecule has 1 unspecified atom stereocenters. The van der Waals surface area contributed by atoms with Gasteiger partial charge >= 0.3 is 6.18 Å². The van der Waals surface area contributed by atoms with Crippen LogP contribution in [-0.4, -0.2) is 23.2 Å². The molecule has 0 aliphatic rings. The molecule has 0 saturated heterocycles. The van der Waals surface area contributed by atoms with Gasteiger partial charge in [0.15, 0.2) is 5.54 Å². The molecule has 0 bridgehead atoms. The summed E-state index contributed by atoms with van der Waals surface area (Å²) in [7, 11) is 0. The van der Waals surface area contributed by atoms with E-state index in [-0.39, 0.29) is 0 Å². The smallest absolute Gasteiger partial charge is 0.310 e. The van der Waals surface area contributed by atoms with E-state index in [0.29, 0.717) is 6.92 Å². The minimum atomic E-state index is -4.82. The number of nitrogens with one attached hydrogen (secondary N) is 1. The van der Waals surface area contributed by atoms with Gasteiger partial charge in [0.2, 0.25) is 0 Å². The molecule has 0 fully saturated rings. The fraction of sp³-hybridized carbons (Fsp3) is 0.875. The van der Waals surface area contributed by atoms with E-state index in [0.717, 1.165) is 0 Å². The highest BCUT2D eigenvalue weighted by atomic mass is 19.4. The molecule has 0 saturated carbocycles. The lowest BCUT2D eigenvalue weighted by atomic mass is 10.0. The first-order valence-corrected chi connectivity index (χ1v) is 4.22. The molecule has 0 radical (unpaired) electrons. The van der Waals surface area contributed by atoms with Crippen molar-refractivity contribution in [3.63, 3.8) is 0 Å². The first-order valence-electron chi connectivity index (χ1n) is 4.22. The maximum Gasteiger partial charge on any atom is 0.415 e. The Morgan fingerprint density at radius 3 is 1.87 bits per heavy atom. The number of nitrogens with two attached hydrogens (primary N) is 1. The molecule has 0 aromatic heterocycles. The quantitative estimate of drug-likeness (QED) is 0.696. The Labute approximate surface area is 85.9 Å². The van der Waals surface area contributed by atoms with Crippen LogP contribution in [0.4, 0.5) is 13.2 Å². The lowest BCUT2D eigenvalue weighted by Gasteiger charge is -2.28. The summed E-state index contributed by atoms with van der Waals surface area (Å²) in [4.78, 5) is 15.8. The Bertz CT molecular complexity index is 243. The number of carbonyl (C=O) groups is 1. The second-order valence-corrected chi connectivity index (χ2v) is 4.35. The van der Waals surface area contributed by atoms with Crippen LogP contribution in [0, 0.1) is 0 Å². The number of amides is 1. The zero-order valence-corrected chi connectivity index (χ0v) is 9.03. The van der Waals surface area contributed by atoms with E-state index in [2.05, 4.69) is 0 Å². The fourth-order valence-corrected chi connectivity index (χ4v) is 0.434. The number of rotatable bonds is 2. The monoisotopic (exact) mass is 228 g/mol. The maximum absolute atomic E-state index is 12.3. The highest BCUT2D eigenvalue weighted by molar-refractivity contribution is 5.85. The zero-order valence-electron chi connectivity index (χ0n) is 9.03. The third-order valence-corrected chi connectivity index (χ3v) is 1.51. The van der Waals surface area contributed by atoms with Crippen molar-refractivity contribution in [2.75, 3.05) is 0 Å². The van der Waals surface area contributed by atoms with Crippen LogP contribution in [0.25, 0.3) is 0 Å². The Balaban J connectivity index is 4.47. The summed E-state index contributed by atoms with van der Waals surface area (Å²) in [5.41, 5.74) is 2.79. The highest BCUT2D eigenvalue weighted by Crippen LogP contribution is 2.28. The van der Waals surface area contributed by atoms with Crippen LogP contribution >= 0.6 is 0 Å². The minimum Gasteiger partial charge on any atom is -0.310 e. The van der Waals surface area contributed by atoms with Crippen LogP contribution in [0.15, 0.2) is 0 Å². The molecule has 7 heteroatoms. The van der Waals surface area contributed by atoms with Gasteiger partial charge in [-0.2, -0.15) is 13.2 Å². The number of hydroxylamine groups is 1. The number of carbonyl (C=O) groups excluding carboxylic acids is 1.